The molecule has 34 heavy (non-hydrogen) atoms. The van der Waals surface area contributed by atoms with E-state index in [1.54, 1.807) is 49.4 Å². The van der Waals surface area contributed by atoms with Crippen molar-refractivity contribution in [1.82, 2.24) is 0 Å². The molecule has 3 aromatic carbocycles. The number of rotatable bonds is 4. The summed E-state index contributed by atoms with van der Waals surface area (Å²) in [4.78, 5) is 27.6. The number of aliphatic hydroxyl groups excluding tert-OH is 1. The van der Waals surface area contributed by atoms with Crippen LogP contribution in [0.1, 0.15) is 27.7 Å². The minimum atomic E-state index is -1.21. The molecule has 1 N–H and O–H groups in total. The first-order chi connectivity index (χ1) is 16.2. The van der Waals surface area contributed by atoms with Crippen LogP contribution in [0.25, 0.3) is 11.0 Å². The summed E-state index contributed by atoms with van der Waals surface area (Å²) < 4.78 is 34.4. The lowest BCUT2D eigenvalue weighted by atomic mass is 9.93. The lowest BCUT2D eigenvalue weighted by Crippen LogP contribution is -2.32. The first-order valence-electron chi connectivity index (χ1n) is 10.3. The molecule has 0 radical (unpaired) electrons. The minimum absolute atomic E-state index is 0.133. The van der Waals surface area contributed by atoms with Crippen molar-refractivity contribution in [3.8, 4) is 0 Å². The zero-order valence-corrected chi connectivity index (χ0v) is 18.4. The van der Waals surface area contributed by atoms with Crippen molar-refractivity contribution in [3.63, 3.8) is 0 Å². The van der Waals surface area contributed by atoms with E-state index in [1.165, 1.54) is 6.07 Å². The van der Waals surface area contributed by atoms with Crippen LogP contribution in [0.4, 0.5) is 14.5 Å². The van der Waals surface area contributed by atoms with Gasteiger partial charge in [-0.05, 0) is 48.9 Å². The molecule has 0 bridgehead atoms. The van der Waals surface area contributed by atoms with E-state index >= 15 is 0 Å². The average molecular weight is 480 g/mol. The molecule has 1 unspecified atom stereocenters. The predicted octanol–water partition coefficient (Wildman–Crippen LogP) is 6.46. The summed E-state index contributed by atoms with van der Waals surface area (Å²) in [7, 11) is 0. The van der Waals surface area contributed by atoms with Gasteiger partial charge < -0.3 is 9.52 Å². The summed E-state index contributed by atoms with van der Waals surface area (Å²) >= 11 is 6.02. The van der Waals surface area contributed by atoms with Gasteiger partial charge in [0.15, 0.2) is 11.5 Å². The molecule has 5 nitrogen and oxygen atoms in total. The number of hydrogen-bond acceptors (Lipinski definition) is 4. The van der Waals surface area contributed by atoms with Crippen LogP contribution in [0, 0.1) is 18.6 Å². The number of benzene rings is 3. The predicted molar refractivity (Wildman–Crippen MR) is 123 cm³/mol. The van der Waals surface area contributed by atoms with Gasteiger partial charge in [0.05, 0.1) is 17.3 Å². The molecule has 0 spiro atoms. The summed E-state index contributed by atoms with van der Waals surface area (Å²) in [5, 5.41) is 11.8. The molecular formula is C26H16ClF2NO4. The maximum absolute atomic E-state index is 14.7. The van der Waals surface area contributed by atoms with Crippen LogP contribution in [-0.4, -0.2) is 16.8 Å². The number of amides is 1. The van der Waals surface area contributed by atoms with Gasteiger partial charge in [-0.15, -0.1) is 0 Å². The first kappa shape index (κ1) is 21.9. The standard InChI is InChI=1S/C26H16ClF2NO4/c1-13-3-2-4-14(9-13)23-22(24(31)21-11-15-10-16(27)5-8-20(15)34-21)25(32)26(33)30(23)19-12-17(28)6-7-18(19)29/h2-12,23,32H,1H3. The molecule has 2 heterocycles. The van der Waals surface area contributed by atoms with Gasteiger partial charge in [-0.2, -0.15) is 0 Å². The summed E-state index contributed by atoms with van der Waals surface area (Å²) in [6.07, 6.45) is 0. The van der Waals surface area contributed by atoms with Crippen molar-refractivity contribution in [2.45, 2.75) is 13.0 Å². The Labute approximate surface area is 197 Å². The van der Waals surface area contributed by atoms with Crippen LogP contribution in [0.5, 0.6) is 0 Å². The second-order valence-corrected chi connectivity index (χ2v) is 8.41. The van der Waals surface area contributed by atoms with E-state index in [0.717, 1.165) is 28.7 Å². The molecule has 4 aromatic rings. The fourth-order valence-electron chi connectivity index (χ4n) is 4.17. The van der Waals surface area contributed by atoms with Crippen molar-refractivity contribution in [2.24, 2.45) is 0 Å². The zero-order valence-electron chi connectivity index (χ0n) is 17.7. The third-order valence-electron chi connectivity index (χ3n) is 5.68. The second-order valence-electron chi connectivity index (χ2n) is 7.97. The van der Waals surface area contributed by atoms with Gasteiger partial charge in [0, 0.05) is 16.5 Å². The molecule has 1 aliphatic rings. The van der Waals surface area contributed by atoms with Crippen LogP contribution >= 0.6 is 11.6 Å². The Kier molecular flexibility index (Phi) is 5.21. The van der Waals surface area contributed by atoms with E-state index < -0.39 is 40.8 Å². The highest BCUT2D eigenvalue weighted by Gasteiger charge is 2.46. The zero-order chi connectivity index (χ0) is 24.1. The first-order valence-corrected chi connectivity index (χ1v) is 10.6. The second kappa shape index (κ2) is 8.11. The van der Waals surface area contributed by atoms with Crippen LogP contribution in [0.15, 0.2) is 82.5 Å². The van der Waals surface area contributed by atoms with Gasteiger partial charge in [0.1, 0.15) is 17.2 Å². The average Bonchev–Trinajstić information content (AvgIpc) is 3.34. The summed E-state index contributed by atoms with van der Waals surface area (Å²) in [6.45, 7) is 1.81. The molecule has 1 amide bonds. The number of halogens is 3. The Morgan fingerprint density at radius 2 is 1.85 bits per heavy atom. The van der Waals surface area contributed by atoms with Gasteiger partial charge in [-0.3, -0.25) is 14.5 Å². The maximum Gasteiger partial charge on any atom is 0.294 e. The fraction of sp³-hybridized carbons (Fsp3) is 0.0769. The molecule has 1 aromatic heterocycles. The largest absolute Gasteiger partial charge is 0.503 e. The number of aliphatic hydroxyl groups is 1. The number of anilines is 1. The van der Waals surface area contributed by atoms with Crippen LogP contribution in [0.2, 0.25) is 5.02 Å². The Balaban J connectivity index is 1.69. The molecule has 5 rings (SSSR count). The fourth-order valence-corrected chi connectivity index (χ4v) is 4.35. The minimum Gasteiger partial charge on any atom is -0.503 e. The van der Waals surface area contributed by atoms with E-state index in [1.807, 2.05) is 0 Å². The Morgan fingerprint density at radius 1 is 1.06 bits per heavy atom. The Hall–Kier alpha value is -3.97. The molecule has 1 atom stereocenters. The van der Waals surface area contributed by atoms with Gasteiger partial charge in [0.25, 0.3) is 5.91 Å². The van der Waals surface area contributed by atoms with Crippen LogP contribution in [-0.2, 0) is 4.79 Å². The van der Waals surface area contributed by atoms with E-state index in [9.17, 15) is 23.5 Å². The van der Waals surface area contributed by atoms with E-state index in [2.05, 4.69) is 0 Å². The third-order valence-corrected chi connectivity index (χ3v) is 5.92. The van der Waals surface area contributed by atoms with Crippen LogP contribution < -0.4 is 4.90 Å². The number of hydrogen-bond donors (Lipinski definition) is 1. The summed E-state index contributed by atoms with van der Waals surface area (Å²) in [5.74, 6) is -4.44. The van der Waals surface area contributed by atoms with Gasteiger partial charge in [-0.1, -0.05) is 41.4 Å². The molecular weight excluding hydrogens is 464 g/mol. The number of aryl methyl sites for hydroxylation is 1. The van der Waals surface area contributed by atoms with Crippen molar-refractivity contribution in [2.75, 3.05) is 4.90 Å². The quantitative estimate of drug-likeness (QED) is 0.341. The monoisotopic (exact) mass is 479 g/mol. The number of Topliss-reactive ketones (excluding diaryl/α,β-unsaturated/α-hetero) is 1. The maximum atomic E-state index is 14.7. The molecule has 0 aliphatic carbocycles. The van der Waals surface area contributed by atoms with Crippen molar-refractivity contribution in [3.05, 3.63) is 112 Å². The molecule has 170 valence electrons. The number of ketones is 1. The van der Waals surface area contributed by atoms with Crippen molar-refractivity contribution in [1.29, 1.82) is 0 Å². The lowest BCUT2D eigenvalue weighted by Gasteiger charge is -2.27. The van der Waals surface area contributed by atoms with E-state index in [4.69, 9.17) is 16.0 Å². The molecule has 0 fully saturated rings. The smallest absolute Gasteiger partial charge is 0.294 e. The van der Waals surface area contributed by atoms with Crippen LogP contribution in [0.3, 0.4) is 0 Å². The summed E-state index contributed by atoms with van der Waals surface area (Å²) in [5.41, 5.74) is 0.925. The Bertz CT molecular complexity index is 1520. The Morgan fingerprint density at radius 3 is 2.62 bits per heavy atom. The number of fused-ring (bicyclic) bond motifs is 1. The van der Waals surface area contributed by atoms with Crippen molar-refractivity contribution < 1.29 is 27.9 Å². The highest BCUT2D eigenvalue weighted by molar-refractivity contribution is 6.31. The SMILES string of the molecule is Cc1cccc(C2C(C(=O)c3cc4cc(Cl)ccc4o3)=C(O)C(=O)N2c2cc(F)ccc2F)c1. The lowest BCUT2D eigenvalue weighted by molar-refractivity contribution is -0.117. The van der Waals surface area contributed by atoms with Crippen molar-refractivity contribution >= 4 is 39.9 Å². The number of nitrogens with zero attached hydrogens (tertiary/aromatic N) is 1. The highest BCUT2D eigenvalue weighted by Crippen LogP contribution is 2.43. The molecule has 1 aliphatic heterocycles. The number of furan rings is 1. The topological polar surface area (TPSA) is 70.7 Å². The third kappa shape index (κ3) is 3.54. The van der Waals surface area contributed by atoms with Gasteiger partial charge in [0.2, 0.25) is 5.78 Å². The van der Waals surface area contributed by atoms with Gasteiger partial charge in [-0.25, -0.2) is 8.78 Å². The van der Waals surface area contributed by atoms with E-state index in [-0.39, 0.29) is 11.3 Å². The number of carbonyl (C=O) groups excluding carboxylic acids is 2. The molecule has 0 saturated carbocycles. The van der Waals surface area contributed by atoms with Gasteiger partial charge >= 0.3 is 0 Å². The molecule has 8 heteroatoms. The summed E-state index contributed by atoms with van der Waals surface area (Å²) in [6, 6.07) is 14.5. The molecule has 0 saturated heterocycles. The van der Waals surface area contributed by atoms with E-state index in [0.29, 0.717) is 21.6 Å². The number of carbonyl (C=O) groups is 2. The normalized spacial score (nSPS) is 16.1. The highest BCUT2D eigenvalue weighted by atomic mass is 35.5.